The van der Waals surface area contributed by atoms with Crippen molar-refractivity contribution in [1.82, 2.24) is 25.0 Å². The molecule has 3 aromatic heterocycles. The van der Waals surface area contributed by atoms with Crippen molar-refractivity contribution in [2.45, 2.75) is 13.8 Å². The van der Waals surface area contributed by atoms with Crippen molar-refractivity contribution in [3.05, 3.63) is 52.7 Å². The van der Waals surface area contributed by atoms with E-state index in [0.29, 0.717) is 42.8 Å². The van der Waals surface area contributed by atoms with Gasteiger partial charge in [0.25, 0.3) is 0 Å². The summed E-state index contributed by atoms with van der Waals surface area (Å²) in [6.45, 7) is 6.64. The van der Waals surface area contributed by atoms with Crippen LogP contribution in [0.15, 0.2) is 30.5 Å². The minimum Gasteiger partial charge on any atom is -0.352 e. The summed E-state index contributed by atoms with van der Waals surface area (Å²) in [5, 5.41) is 13.4. The molecule has 0 radical (unpaired) electrons. The Morgan fingerprint density at radius 2 is 1.63 bits per heavy atom. The van der Waals surface area contributed by atoms with E-state index < -0.39 is 5.82 Å². The first-order valence-corrected chi connectivity index (χ1v) is 9.07. The van der Waals surface area contributed by atoms with Gasteiger partial charge in [-0.15, -0.1) is 10.2 Å². The van der Waals surface area contributed by atoms with Gasteiger partial charge in [-0.2, -0.15) is 5.10 Å². The lowest BCUT2D eigenvalue weighted by Crippen LogP contribution is -2.47. The number of pyridine rings is 1. The summed E-state index contributed by atoms with van der Waals surface area (Å²) in [7, 11) is 0. The zero-order valence-corrected chi connectivity index (χ0v) is 15.9. The number of aryl methyl sites for hydroxylation is 2. The minimum absolute atomic E-state index is 0.299. The molecule has 0 aromatic carbocycles. The largest absolute Gasteiger partial charge is 0.352 e. The van der Waals surface area contributed by atoms with Crippen molar-refractivity contribution in [3.8, 4) is 5.82 Å². The van der Waals surface area contributed by atoms with E-state index in [1.54, 1.807) is 4.68 Å². The number of rotatable bonds is 3. The fourth-order valence-corrected chi connectivity index (χ4v) is 3.39. The SMILES string of the molecule is Cc1cc(C)n(-c2ccc(N3CCN(c4ncc(Cl)cc4F)CC3)nn2)n1. The lowest BCUT2D eigenvalue weighted by atomic mass is 10.3. The predicted octanol–water partition coefficient (Wildman–Crippen LogP) is 2.79. The van der Waals surface area contributed by atoms with Gasteiger partial charge in [-0.1, -0.05) is 11.6 Å². The number of nitrogens with zero attached hydrogens (tertiary/aromatic N) is 7. The lowest BCUT2D eigenvalue weighted by Gasteiger charge is -2.35. The molecule has 0 atom stereocenters. The van der Waals surface area contributed by atoms with Crippen molar-refractivity contribution in [1.29, 1.82) is 0 Å². The monoisotopic (exact) mass is 387 g/mol. The van der Waals surface area contributed by atoms with Gasteiger partial charge in [0.1, 0.15) is 0 Å². The fraction of sp³-hybridized carbons (Fsp3) is 0.333. The molecule has 0 aliphatic carbocycles. The molecule has 1 aliphatic heterocycles. The van der Waals surface area contributed by atoms with E-state index in [1.165, 1.54) is 12.3 Å². The van der Waals surface area contributed by atoms with Crippen LogP contribution in [0.1, 0.15) is 11.4 Å². The van der Waals surface area contributed by atoms with Crippen LogP contribution < -0.4 is 9.80 Å². The average Bonchev–Trinajstić information content (AvgIpc) is 3.00. The number of anilines is 2. The third kappa shape index (κ3) is 3.57. The Balaban J connectivity index is 1.44. The maximum atomic E-state index is 14.1. The standard InChI is InChI=1S/C18H19ClFN7/c1-12-9-13(2)27(24-12)17-4-3-16(22-23-17)25-5-7-26(8-6-25)18-15(20)10-14(19)11-21-18/h3-4,9-11H,5-8H2,1-2H3. The first kappa shape index (κ1) is 17.7. The highest BCUT2D eigenvalue weighted by atomic mass is 35.5. The van der Waals surface area contributed by atoms with Crippen LogP contribution in [0.4, 0.5) is 16.0 Å². The molecule has 4 heterocycles. The second kappa shape index (κ2) is 7.11. The Hall–Kier alpha value is -2.74. The summed E-state index contributed by atoms with van der Waals surface area (Å²) < 4.78 is 15.8. The van der Waals surface area contributed by atoms with Gasteiger partial charge in [-0.05, 0) is 38.1 Å². The Labute approximate surface area is 161 Å². The topological polar surface area (TPSA) is 63.0 Å². The molecule has 1 saturated heterocycles. The summed E-state index contributed by atoms with van der Waals surface area (Å²) in [5.41, 5.74) is 1.96. The molecule has 140 valence electrons. The molecular formula is C18H19ClFN7. The van der Waals surface area contributed by atoms with Crippen LogP contribution in [0.5, 0.6) is 0 Å². The molecule has 1 aliphatic rings. The minimum atomic E-state index is -0.398. The second-order valence-electron chi connectivity index (χ2n) is 6.52. The van der Waals surface area contributed by atoms with E-state index in [1.807, 2.05) is 36.9 Å². The van der Waals surface area contributed by atoms with Gasteiger partial charge in [0.05, 0.1) is 10.7 Å². The normalized spacial score (nSPS) is 14.7. The average molecular weight is 388 g/mol. The number of halogens is 2. The Kier molecular flexibility index (Phi) is 4.65. The van der Waals surface area contributed by atoms with Gasteiger partial charge in [0.15, 0.2) is 23.3 Å². The molecule has 0 bridgehead atoms. The molecule has 7 nitrogen and oxygen atoms in total. The maximum Gasteiger partial charge on any atom is 0.176 e. The first-order chi connectivity index (χ1) is 13.0. The van der Waals surface area contributed by atoms with Crippen LogP contribution in [-0.4, -0.2) is 51.1 Å². The van der Waals surface area contributed by atoms with E-state index in [0.717, 1.165) is 17.2 Å². The molecule has 4 rings (SSSR count). The molecule has 3 aromatic rings. The van der Waals surface area contributed by atoms with Crippen LogP contribution in [0, 0.1) is 19.7 Å². The van der Waals surface area contributed by atoms with Gasteiger partial charge in [0.2, 0.25) is 0 Å². The molecule has 0 spiro atoms. The third-order valence-corrected chi connectivity index (χ3v) is 4.76. The van der Waals surface area contributed by atoms with Crippen molar-refractivity contribution in [2.75, 3.05) is 36.0 Å². The first-order valence-electron chi connectivity index (χ1n) is 8.69. The fourth-order valence-electron chi connectivity index (χ4n) is 3.25. The van der Waals surface area contributed by atoms with Gasteiger partial charge in [-0.3, -0.25) is 0 Å². The molecule has 0 amide bonds. The Morgan fingerprint density at radius 3 is 2.22 bits per heavy atom. The number of piperazine rings is 1. The van der Waals surface area contributed by atoms with Crippen molar-refractivity contribution >= 4 is 23.2 Å². The number of hydrogen-bond acceptors (Lipinski definition) is 6. The maximum absolute atomic E-state index is 14.1. The molecule has 9 heteroatoms. The molecule has 0 unspecified atom stereocenters. The van der Waals surface area contributed by atoms with Crippen molar-refractivity contribution in [2.24, 2.45) is 0 Å². The number of hydrogen-bond donors (Lipinski definition) is 0. The lowest BCUT2D eigenvalue weighted by molar-refractivity contribution is 0.586. The van der Waals surface area contributed by atoms with Crippen LogP contribution in [-0.2, 0) is 0 Å². The van der Waals surface area contributed by atoms with Gasteiger partial charge < -0.3 is 9.80 Å². The van der Waals surface area contributed by atoms with Crippen molar-refractivity contribution in [3.63, 3.8) is 0 Å². The molecule has 1 fully saturated rings. The smallest absolute Gasteiger partial charge is 0.176 e. The molecular weight excluding hydrogens is 369 g/mol. The second-order valence-corrected chi connectivity index (χ2v) is 6.96. The Bertz CT molecular complexity index is 949. The predicted molar refractivity (Wildman–Crippen MR) is 102 cm³/mol. The van der Waals surface area contributed by atoms with Crippen molar-refractivity contribution < 1.29 is 4.39 Å². The van der Waals surface area contributed by atoms with E-state index in [2.05, 4.69) is 25.2 Å². The highest BCUT2D eigenvalue weighted by Gasteiger charge is 2.22. The van der Waals surface area contributed by atoms with E-state index >= 15 is 0 Å². The summed E-state index contributed by atoms with van der Waals surface area (Å²) in [6, 6.07) is 7.14. The Morgan fingerprint density at radius 1 is 0.963 bits per heavy atom. The summed E-state index contributed by atoms with van der Waals surface area (Å²) in [5.74, 6) is 1.43. The molecule has 0 N–H and O–H groups in total. The van der Waals surface area contributed by atoms with Gasteiger partial charge >= 0.3 is 0 Å². The van der Waals surface area contributed by atoms with Crippen LogP contribution in [0.25, 0.3) is 5.82 Å². The van der Waals surface area contributed by atoms with E-state index in [4.69, 9.17) is 11.6 Å². The summed E-state index contributed by atoms with van der Waals surface area (Å²) in [4.78, 5) is 8.16. The van der Waals surface area contributed by atoms with E-state index in [-0.39, 0.29) is 0 Å². The number of aromatic nitrogens is 5. The molecule has 27 heavy (non-hydrogen) atoms. The van der Waals surface area contributed by atoms with Gasteiger partial charge in [-0.25, -0.2) is 14.1 Å². The summed E-state index contributed by atoms with van der Waals surface area (Å²) >= 11 is 5.78. The van der Waals surface area contributed by atoms with Crippen LogP contribution in [0.3, 0.4) is 0 Å². The summed E-state index contributed by atoms with van der Waals surface area (Å²) in [6.07, 6.45) is 1.47. The van der Waals surface area contributed by atoms with E-state index in [9.17, 15) is 4.39 Å². The highest BCUT2D eigenvalue weighted by molar-refractivity contribution is 6.30. The highest BCUT2D eigenvalue weighted by Crippen LogP contribution is 2.22. The third-order valence-electron chi connectivity index (χ3n) is 4.55. The quantitative estimate of drug-likeness (QED) is 0.688. The molecule has 0 saturated carbocycles. The van der Waals surface area contributed by atoms with Gasteiger partial charge in [0, 0.05) is 38.1 Å². The zero-order valence-electron chi connectivity index (χ0n) is 15.1. The van der Waals surface area contributed by atoms with Crippen LogP contribution >= 0.6 is 11.6 Å². The van der Waals surface area contributed by atoms with Crippen LogP contribution in [0.2, 0.25) is 5.02 Å². The zero-order chi connectivity index (χ0) is 19.0.